The van der Waals surface area contributed by atoms with E-state index in [4.69, 9.17) is 0 Å². The van der Waals surface area contributed by atoms with E-state index in [0.717, 1.165) is 30.8 Å². The highest BCUT2D eigenvalue weighted by atomic mass is 19.4. The zero-order valence-corrected chi connectivity index (χ0v) is 10.0. The molecule has 0 atom stereocenters. The van der Waals surface area contributed by atoms with Crippen LogP contribution in [0, 0.1) is 5.92 Å². The number of alkyl halides is 3. The Labute approximate surface area is 99.4 Å². The zero-order valence-electron chi connectivity index (χ0n) is 10.0. The van der Waals surface area contributed by atoms with Gasteiger partial charge in [0, 0.05) is 13.1 Å². The molecular weight excluding hydrogens is 233 g/mol. The molecule has 0 unspecified atom stereocenters. The Morgan fingerprint density at radius 2 is 1.94 bits per heavy atom. The molecule has 1 fully saturated rings. The fourth-order valence-corrected chi connectivity index (χ4v) is 2.10. The number of nitrogens with one attached hydrogen (secondary N) is 1. The van der Waals surface area contributed by atoms with Crippen LogP contribution in [0.5, 0.6) is 0 Å². The van der Waals surface area contributed by atoms with Gasteiger partial charge in [0.05, 0.1) is 0 Å². The SMILES string of the molecule is CCCN(CC1CCNCC1)C(=O)C(F)(F)F. The number of hydrogen-bond acceptors (Lipinski definition) is 2. The lowest BCUT2D eigenvalue weighted by molar-refractivity contribution is -0.186. The van der Waals surface area contributed by atoms with Gasteiger partial charge in [-0.15, -0.1) is 0 Å². The maximum absolute atomic E-state index is 12.4. The minimum absolute atomic E-state index is 0.183. The van der Waals surface area contributed by atoms with Gasteiger partial charge in [0.2, 0.25) is 0 Å². The van der Waals surface area contributed by atoms with Crippen molar-refractivity contribution in [2.45, 2.75) is 32.4 Å². The molecule has 0 spiro atoms. The van der Waals surface area contributed by atoms with Crippen LogP contribution >= 0.6 is 0 Å². The molecule has 17 heavy (non-hydrogen) atoms. The molecule has 0 aromatic carbocycles. The van der Waals surface area contributed by atoms with E-state index in [-0.39, 0.29) is 19.0 Å². The van der Waals surface area contributed by atoms with Crippen LogP contribution in [0.4, 0.5) is 13.2 Å². The monoisotopic (exact) mass is 252 g/mol. The smallest absolute Gasteiger partial charge is 0.335 e. The van der Waals surface area contributed by atoms with Gasteiger partial charge >= 0.3 is 12.1 Å². The maximum Gasteiger partial charge on any atom is 0.471 e. The van der Waals surface area contributed by atoms with Gasteiger partial charge in [-0.05, 0) is 38.3 Å². The van der Waals surface area contributed by atoms with Gasteiger partial charge in [-0.3, -0.25) is 4.79 Å². The fourth-order valence-electron chi connectivity index (χ4n) is 2.10. The third-order valence-electron chi connectivity index (χ3n) is 2.96. The van der Waals surface area contributed by atoms with Crippen molar-refractivity contribution in [3.8, 4) is 0 Å². The van der Waals surface area contributed by atoms with Crippen molar-refractivity contribution >= 4 is 5.91 Å². The number of carbonyl (C=O) groups is 1. The van der Waals surface area contributed by atoms with Gasteiger partial charge in [-0.25, -0.2) is 0 Å². The van der Waals surface area contributed by atoms with Gasteiger partial charge in [0.1, 0.15) is 0 Å². The van der Waals surface area contributed by atoms with E-state index < -0.39 is 12.1 Å². The third kappa shape index (κ3) is 4.53. The predicted molar refractivity (Wildman–Crippen MR) is 58.5 cm³/mol. The maximum atomic E-state index is 12.4. The highest BCUT2D eigenvalue weighted by Crippen LogP contribution is 2.21. The number of amides is 1. The molecule has 100 valence electrons. The number of nitrogens with zero attached hydrogens (tertiary/aromatic N) is 1. The van der Waals surface area contributed by atoms with Crippen LogP contribution in [-0.4, -0.2) is 43.2 Å². The van der Waals surface area contributed by atoms with Gasteiger partial charge in [0.15, 0.2) is 0 Å². The molecular formula is C11H19F3N2O. The van der Waals surface area contributed by atoms with E-state index in [9.17, 15) is 18.0 Å². The largest absolute Gasteiger partial charge is 0.471 e. The molecule has 1 aliphatic heterocycles. The quantitative estimate of drug-likeness (QED) is 0.827. The van der Waals surface area contributed by atoms with E-state index in [0.29, 0.717) is 6.42 Å². The second kappa shape index (κ2) is 6.23. The summed E-state index contributed by atoms with van der Waals surface area (Å²) < 4.78 is 37.1. The highest BCUT2D eigenvalue weighted by molar-refractivity contribution is 5.81. The Hall–Kier alpha value is -0.780. The summed E-state index contributed by atoms with van der Waals surface area (Å²) in [5, 5.41) is 3.15. The summed E-state index contributed by atoms with van der Waals surface area (Å²) in [5.41, 5.74) is 0. The van der Waals surface area contributed by atoms with Gasteiger partial charge in [-0.2, -0.15) is 13.2 Å². The van der Waals surface area contributed by atoms with Crippen LogP contribution in [-0.2, 0) is 4.79 Å². The Morgan fingerprint density at radius 1 is 1.35 bits per heavy atom. The molecule has 1 aliphatic rings. The summed E-state index contributed by atoms with van der Waals surface area (Å²) >= 11 is 0. The highest BCUT2D eigenvalue weighted by Gasteiger charge is 2.42. The number of rotatable bonds is 4. The molecule has 1 rings (SSSR count). The van der Waals surface area contributed by atoms with E-state index >= 15 is 0 Å². The lowest BCUT2D eigenvalue weighted by Gasteiger charge is -2.30. The van der Waals surface area contributed by atoms with Crippen molar-refractivity contribution < 1.29 is 18.0 Å². The Balaban J connectivity index is 2.55. The first-order chi connectivity index (χ1) is 7.95. The second-order valence-electron chi connectivity index (χ2n) is 4.44. The Bertz CT molecular complexity index is 250. The molecule has 0 radical (unpaired) electrons. The topological polar surface area (TPSA) is 32.3 Å². The lowest BCUT2D eigenvalue weighted by atomic mass is 9.97. The first kappa shape index (κ1) is 14.3. The van der Waals surface area contributed by atoms with Gasteiger partial charge in [0.25, 0.3) is 0 Å². The number of piperidine rings is 1. The minimum Gasteiger partial charge on any atom is -0.335 e. The van der Waals surface area contributed by atoms with Gasteiger partial charge < -0.3 is 10.2 Å². The van der Waals surface area contributed by atoms with Crippen molar-refractivity contribution in [2.75, 3.05) is 26.2 Å². The summed E-state index contributed by atoms with van der Waals surface area (Å²) in [6.45, 7) is 3.84. The Kier molecular flexibility index (Phi) is 5.24. The molecule has 1 saturated heterocycles. The molecule has 6 heteroatoms. The summed E-state index contributed by atoms with van der Waals surface area (Å²) in [7, 11) is 0. The van der Waals surface area contributed by atoms with Crippen LogP contribution in [0.2, 0.25) is 0 Å². The van der Waals surface area contributed by atoms with Crippen molar-refractivity contribution in [1.82, 2.24) is 10.2 Å². The molecule has 0 aromatic rings. The Morgan fingerprint density at radius 3 is 2.41 bits per heavy atom. The molecule has 0 aliphatic carbocycles. The first-order valence-corrected chi connectivity index (χ1v) is 6.02. The van der Waals surface area contributed by atoms with Crippen LogP contribution in [0.1, 0.15) is 26.2 Å². The normalized spacial score (nSPS) is 18.1. The fraction of sp³-hybridized carbons (Fsp3) is 0.909. The van der Waals surface area contributed by atoms with E-state index in [1.807, 2.05) is 0 Å². The molecule has 1 amide bonds. The molecule has 3 nitrogen and oxygen atoms in total. The predicted octanol–water partition coefficient (Wildman–Crippen LogP) is 1.79. The third-order valence-corrected chi connectivity index (χ3v) is 2.96. The zero-order chi connectivity index (χ0) is 12.9. The lowest BCUT2D eigenvalue weighted by Crippen LogP contribution is -2.45. The van der Waals surface area contributed by atoms with Crippen LogP contribution < -0.4 is 5.32 Å². The average Bonchev–Trinajstić information content (AvgIpc) is 2.28. The van der Waals surface area contributed by atoms with Crippen molar-refractivity contribution in [2.24, 2.45) is 5.92 Å². The van der Waals surface area contributed by atoms with E-state index in [1.54, 1.807) is 6.92 Å². The molecule has 0 bridgehead atoms. The summed E-state index contributed by atoms with van der Waals surface area (Å²) in [5.74, 6) is -1.51. The first-order valence-electron chi connectivity index (χ1n) is 6.02. The average molecular weight is 252 g/mol. The molecule has 1 heterocycles. The van der Waals surface area contributed by atoms with Crippen LogP contribution in [0.3, 0.4) is 0 Å². The van der Waals surface area contributed by atoms with Gasteiger partial charge in [-0.1, -0.05) is 6.92 Å². The molecule has 0 aromatic heterocycles. The number of hydrogen-bond donors (Lipinski definition) is 1. The van der Waals surface area contributed by atoms with E-state index in [1.165, 1.54) is 0 Å². The number of carbonyl (C=O) groups excluding carboxylic acids is 1. The second-order valence-corrected chi connectivity index (χ2v) is 4.44. The van der Waals surface area contributed by atoms with Crippen LogP contribution in [0.25, 0.3) is 0 Å². The van der Waals surface area contributed by atoms with E-state index in [2.05, 4.69) is 5.32 Å². The van der Waals surface area contributed by atoms with Crippen molar-refractivity contribution in [3.63, 3.8) is 0 Å². The number of halogens is 3. The summed E-state index contributed by atoms with van der Waals surface area (Å²) in [6, 6.07) is 0. The molecule has 0 saturated carbocycles. The molecule has 1 N–H and O–H groups in total. The standard InChI is InChI=1S/C11H19F3N2O/c1-2-7-16(10(17)11(12,13)14)8-9-3-5-15-6-4-9/h9,15H,2-8H2,1H3. The van der Waals surface area contributed by atoms with Crippen molar-refractivity contribution in [3.05, 3.63) is 0 Å². The summed E-state index contributed by atoms with van der Waals surface area (Å²) in [6.07, 6.45) is -2.52. The van der Waals surface area contributed by atoms with Crippen molar-refractivity contribution in [1.29, 1.82) is 0 Å². The van der Waals surface area contributed by atoms with Crippen LogP contribution in [0.15, 0.2) is 0 Å². The summed E-state index contributed by atoms with van der Waals surface area (Å²) in [4.78, 5) is 12.2. The minimum atomic E-state index is -4.75.